The van der Waals surface area contributed by atoms with E-state index in [4.69, 9.17) is 5.73 Å². The molecule has 1 aromatic carbocycles. The second-order valence-corrected chi connectivity index (χ2v) is 5.42. The Morgan fingerprint density at radius 1 is 1.35 bits per heavy atom. The summed E-state index contributed by atoms with van der Waals surface area (Å²) in [6.07, 6.45) is 1.03. The monoisotopic (exact) mass is 246 g/mol. The lowest BCUT2D eigenvalue weighted by atomic mass is 9.98. The van der Waals surface area contributed by atoms with Gasteiger partial charge in [0.05, 0.1) is 0 Å². The topological polar surface area (TPSA) is 55.0 Å². The third kappa shape index (κ3) is 1.86. The van der Waals surface area contributed by atoms with E-state index in [1.165, 1.54) is 11.1 Å². The summed E-state index contributed by atoms with van der Waals surface area (Å²) >= 11 is 1.64. The molecule has 0 unspecified atom stereocenters. The summed E-state index contributed by atoms with van der Waals surface area (Å²) in [5.74, 6) is 0. The van der Waals surface area contributed by atoms with Gasteiger partial charge < -0.3 is 10.6 Å². The maximum absolute atomic E-state index is 6.03. The third-order valence-electron chi connectivity index (χ3n) is 3.10. The Bertz CT molecular complexity index is 549. The minimum absolute atomic E-state index is 0.844. The van der Waals surface area contributed by atoms with Gasteiger partial charge in [-0.15, -0.1) is 10.2 Å². The van der Waals surface area contributed by atoms with Crippen LogP contribution in [-0.4, -0.2) is 16.7 Å². The van der Waals surface area contributed by atoms with E-state index in [2.05, 4.69) is 21.2 Å². The molecule has 4 nitrogen and oxygen atoms in total. The molecule has 2 heterocycles. The van der Waals surface area contributed by atoms with Crippen molar-refractivity contribution in [3.8, 4) is 0 Å². The van der Waals surface area contributed by atoms with E-state index in [0.29, 0.717) is 0 Å². The number of hydrogen-bond acceptors (Lipinski definition) is 5. The van der Waals surface area contributed by atoms with Gasteiger partial charge in [-0.05, 0) is 30.5 Å². The van der Waals surface area contributed by atoms with E-state index >= 15 is 0 Å². The molecule has 1 aliphatic rings. The smallest absolute Gasteiger partial charge is 0.208 e. The van der Waals surface area contributed by atoms with Crippen molar-refractivity contribution in [1.29, 1.82) is 0 Å². The predicted octanol–water partition coefficient (Wildman–Crippen LogP) is 1.99. The molecule has 0 bridgehead atoms. The Hall–Kier alpha value is -1.62. The molecule has 5 heteroatoms. The van der Waals surface area contributed by atoms with Gasteiger partial charge in [-0.2, -0.15) is 0 Å². The van der Waals surface area contributed by atoms with Crippen molar-refractivity contribution in [3.63, 3.8) is 0 Å². The number of nitrogen functional groups attached to an aromatic ring is 1. The molecule has 0 saturated carbocycles. The molecular weight excluding hydrogens is 232 g/mol. The number of nitrogens with two attached hydrogens (primary N) is 1. The van der Waals surface area contributed by atoms with Gasteiger partial charge in [0.25, 0.3) is 0 Å². The van der Waals surface area contributed by atoms with Gasteiger partial charge in [-0.25, -0.2) is 0 Å². The molecule has 0 spiro atoms. The van der Waals surface area contributed by atoms with Gasteiger partial charge in [0.1, 0.15) is 5.01 Å². The first-order valence-corrected chi connectivity index (χ1v) is 6.47. The number of rotatable bonds is 1. The maximum Gasteiger partial charge on any atom is 0.208 e. The van der Waals surface area contributed by atoms with E-state index in [0.717, 1.165) is 35.3 Å². The third-order valence-corrected chi connectivity index (χ3v) is 3.99. The quantitative estimate of drug-likeness (QED) is 0.782. The molecule has 88 valence electrons. The SMILES string of the molecule is Cc1nnc(N2CCc3cccc(N)c3C2)s1. The molecule has 0 atom stereocenters. The maximum atomic E-state index is 6.03. The average molecular weight is 246 g/mol. The predicted molar refractivity (Wildman–Crippen MR) is 70.3 cm³/mol. The van der Waals surface area contributed by atoms with Crippen LogP contribution in [0.4, 0.5) is 10.8 Å². The Kier molecular flexibility index (Phi) is 2.48. The molecule has 0 fully saturated rings. The van der Waals surface area contributed by atoms with E-state index < -0.39 is 0 Å². The summed E-state index contributed by atoms with van der Waals surface area (Å²) < 4.78 is 0. The molecule has 17 heavy (non-hydrogen) atoms. The van der Waals surface area contributed by atoms with Gasteiger partial charge >= 0.3 is 0 Å². The molecule has 2 N–H and O–H groups in total. The van der Waals surface area contributed by atoms with Gasteiger partial charge in [0.2, 0.25) is 5.13 Å². The molecule has 0 aliphatic carbocycles. The Morgan fingerprint density at radius 3 is 3.00 bits per heavy atom. The fourth-order valence-corrected chi connectivity index (χ4v) is 2.90. The molecule has 0 saturated heterocycles. The lowest BCUT2D eigenvalue weighted by Crippen LogP contribution is -2.30. The minimum Gasteiger partial charge on any atom is -0.398 e. The number of fused-ring (bicyclic) bond motifs is 1. The van der Waals surface area contributed by atoms with Gasteiger partial charge in [0, 0.05) is 18.8 Å². The summed E-state index contributed by atoms with van der Waals surface area (Å²) in [7, 11) is 0. The molecule has 1 aromatic heterocycles. The average Bonchev–Trinajstić information content (AvgIpc) is 2.76. The van der Waals surface area contributed by atoms with E-state index in [1.807, 2.05) is 19.1 Å². The summed E-state index contributed by atoms with van der Waals surface area (Å²) in [6.45, 7) is 3.81. The van der Waals surface area contributed by atoms with Gasteiger partial charge in [0.15, 0.2) is 0 Å². The van der Waals surface area contributed by atoms with Crippen LogP contribution in [0.5, 0.6) is 0 Å². The lowest BCUT2D eigenvalue weighted by Gasteiger charge is -2.28. The van der Waals surface area contributed by atoms with Crippen LogP contribution in [0.1, 0.15) is 16.1 Å². The van der Waals surface area contributed by atoms with Crippen molar-refractivity contribution < 1.29 is 0 Å². The van der Waals surface area contributed by atoms with Crippen LogP contribution >= 0.6 is 11.3 Å². The first kappa shape index (κ1) is 10.5. The fourth-order valence-electron chi connectivity index (χ4n) is 2.18. The van der Waals surface area contributed by atoms with Gasteiger partial charge in [-0.1, -0.05) is 23.5 Å². The molecule has 1 aliphatic heterocycles. The van der Waals surface area contributed by atoms with Crippen LogP contribution in [0.2, 0.25) is 0 Å². The lowest BCUT2D eigenvalue weighted by molar-refractivity contribution is 0.725. The van der Waals surface area contributed by atoms with Crippen molar-refractivity contribution in [3.05, 3.63) is 34.3 Å². The number of aromatic nitrogens is 2. The number of benzene rings is 1. The highest BCUT2D eigenvalue weighted by atomic mass is 32.1. The summed E-state index contributed by atoms with van der Waals surface area (Å²) in [5.41, 5.74) is 9.52. The van der Waals surface area contributed by atoms with Gasteiger partial charge in [-0.3, -0.25) is 0 Å². The van der Waals surface area contributed by atoms with Crippen LogP contribution in [0.15, 0.2) is 18.2 Å². The van der Waals surface area contributed by atoms with Crippen LogP contribution in [0.3, 0.4) is 0 Å². The van der Waals surface area contributed by atoms with Crippen molar-refractivity contribution in [2.75, 3.05) is 17.2 Å². The molecular formula is C12H14N4S. The second kappa shape index (κ2) is 4.00. The zero-order chi connectivity index (χ0) is 11.8. The first-order valence-electron chi connectivity index (χ1n) is 5.65. The standard InChI is InChI=1S/C12H14N4S/c1-8-14-15-12(17-8)16-6-5-9-3-2-4-11(13)10(9)7-16/h2-4H,5-7,13H2,1H3. The summed E-state index contributed by atoms with van der Waals surface area (Å²) in [4.78, 5) is 2.25. The molecule has 0 amide bonds. The fraction of sp³-hybridized carbons (Fsp3) is 0.333. The van der Waals surface area contributed by atoms with Crippen LogP contribution in [-0.2, 0) is 13.0 Å². The van der Waals surface area contributed by atoms with Crippen LogP contribution in [0.25, 0.3) is 0 Å². The molecule has 3 rings (SSSR count). The minimum atomic E-state index is 0.844. The number of anilines is 2. The van der Waals surface area contributed by atoms with E-state index in [9.17, 15) is 0 Å². The van der Waals surface area contributed by atoms with Crippen LogP contribution in [0, 0.1) is 6.92 Å². The number of nitrogens with zero attached hydrogens (tertiary/aromatic N) is 3. The number of hydrogen-bond donors (Lipinski definition) is 1. The first-order chi connectivity index (χ1) is 8.24. The van der Waals surface area contributed by atoms with Crippen molar-refractivity contribution in [1.82, 2.24) is 10.2 Å². The largest absolute Gasteiger partial charge is 0.398 e. The summed E-state index contributed by atoms with van der Waals surface area (Å²) in [6, 6.07) is 6.15. The van der Waals surface area contributed by atoms with E-state index in [1.54, 1.807) is 11.3 Å². The highest BCUT2D eigenvalue weighted by Crippen LogP contribution is 2.29. The van der Waals surface area contributed by atoms with E-state index in [-0.39, 0.29) is 0 Å². The van der Waals surface area contributed by atoms with Crippen molar-refractivity contribution in [2.45, 2.75) is 19.9 Å². The normalized spacial score (nSPS) is 14.8. The Balaban J connectivity index is 1.92. The van der Waals surface area contributed by atoms with Crippen LogP contribution < -0.4 is 10.6 Å². The van der Waals surface area contributed by atoms with Crippen molar-refractivity contribution >= 4 is 22.2 Å². The summed E-state index contributed by atoms with van der Waals surface area (Å²) in [5, 5.41) is 10.3. The second-order valence-electron chi connectivity index (χ2n) is 4.26. The Labute approximate surface area is 104 Å². The highest BCUT2D eigenvalue weighted by molar-refractivity contribution is 7.15. The highest BCUT2D eigenvalue weighted by Gasteiger charge is 2.20. The zero-order valence-electron chi connectivity index (χ0n) is 9.68. The number of aryl methyl sites for hydroxylation is 1. The van der Waals surface area contributed by atoms with Crippen molar-refractivity contribution in [2.24, 2.45) is 0 Å². The Morgan fingerprint density at radius 2 is 2.24 bits per heavy atom. The zero-order valence-corrected chi connectivity index (χ0v) is 10.5. The molecule has 2 aromatic rings. The molecule has 0 radical (unpaired) electrons.